The molecule has 0 aromatic heterocycles. The van der Waals surface area contributed by atoms with Gasteiger partial charge in [-0.2, -0.15) is 5.10 Å². The number of ether oxygens (including phenoxy) is 1. The van der Waals surface area contributed by atoms with E-state index in [0.717, 1.165) is 12.0 Å². The van der Waals surface area contributed by atoms with E-state index in [-0.39, 0.29) is 12.5 Å². The zero-order valence-electron chi connectivity index (χ0n) is 14.5. The first-order valence-electron chi connectivity index (χ1n) is 8.53. The molecule has 25 heavy (non-hydrogen) atoms. The van der Waals surface area contributed by atoms with Crippen LogP contribution in [0.15, 0.2) is 65.8 Å². The van der Waals surface area contributed by atoms with E-state index in [0.29, 0.717) is 5.75 Å². The average Bonchev–Trinajstić information content (AvgIpc) is 2.66. The van der Waals surface area contributed by atoms with Crippen LogP contribution in [-0.2, 0) is 11.2 Å². The molecule has 0 saturated heterocycles. The van der Waals surface area contributed by atoms with Gasteiger partial charge in [0.15, 0.2) is 6.61 Å². The smallest absolute Gasteiger partial charge is 0.277 e. The van der Waals surface area contributed by atoms with Crippen molar-refractivity contribution < 1.29 is 9.53 Å². The maximum atomic E-state index is 11.7. The van der Waals surface area contributed by atoms with Crippen LogP contribution in [0.3, 0.4) is 0 Å². The molecule has 0 atom stereocenters. The van der Waals surface area contributed by atoms with Gasteiger partial charge in [0.25, 0.3) is 5.91 Å². The van der Waals surface area contributed by atoms with Crippen LogP contribution < -0.4 is 10.2 Å². The van der Waals surface area contributed by atoms with Crippen LogP contribution in [0.2, 0.25) is 0 Å². The quantitative estimate of drug-likeness (QED) is 0.550. The summed E-state index contributed by atoms with van der Waals surface area (Å²) >= 11 is 0. The van der Waals surface area contributed by atoms with Crippen LogP contribution in [0, 0.1) is 0 Å². The number of carbonyl (C=O) groups excluding carboxylic acids is 1. The number of carbonyl (C=O) groups is 1. The number of amides is 1. The highest BCUT2D eigenvalue weighted by Gasteiger charge is 2.01. The van der Waals surface area contributed by atoms with E-state index >= 15 is 0 Å². The Hall–Kier alpha value is -2.88. The Morgan fingerprint density at radius 1 is 1.12 bits per heavy atom. The Morgan fingerprint density at radius 2 is 1.88 bits per heavy atom. The first kappa shape index (κ1) is 18.5. The first-order chi connectivity index (χ1) is 12.3. The van der Waals surface area contributed by atoms with Gasteiger partial charge in [0.2, 0.25) is 0 Å². The van der Waals surface area contributed by atoms with Crippen molar-refractivity contribution in [1.29, 1.82) is 0 Å². The molecule has 0 fully saturated rings. The standard InChI is InChI=1S/C21H24N2O2/c1-2-3-8-19-12-14-20(15-13-19)25-17-21(24)23-22-16-7-11-18-9-5-4-6-10-18/h4-7,9-16H,2-3,8,17H2,1H3,(H,23,24). The van der Waals surface area contributed by atoms with Crippen LogP contribution in [0.5, 0.6) is 5.75 Å². The fraction of sp³-hybridized carbons (Fsp3) is 0.238. The van der Waals surface area contributed by atoms with Crippen LogP contribution in [-0.4, -0.2) is 18.7 Å². The van der Waals surface area contributed by atoms with E-state index in [9.17, 15) is 4.79 Å². The predicted octanol–water partition coefficient (Wildman–Crippen LogP) is 4.22. The summed E-state index contributed by atoms with van der Waals surface area (Å²) in [6.45, 7) is 2.12. The largest absolute Gasteiger partial charge is 0.484 e. The molecule has 2 aromatic rings. The maximum Gasteiger partial charge on any atom is 0.277 e. The predicted molar refractivity (Wildman–Crippen MR) is 103 cm³/mol. The first-order valence-corrected chi connectivity index (χ1v) is 8.53. The van der Waals surface area contributed by atoms with E-state index < -0.39 is 0 Å². The van der Waals surface area contributed by atoms with Crippen molar-refractivity contribution in [2.45, 2.75) is 26.2 Å². The summed E-state index contributed by atoms with van der Waals surface area (Å²) in [6, 6.07) is 17.7. The van der Waals surface area contributed by atoms with Crippen LogP contribution in [0.25, 0.3) is 6.08 Å². The van der Waals surface area contributed by atoms with Crippen LogP contribution in [0.4, 0.5) is 0 Å². The minimum absolute atomic E-state index is 0.0615. The van der Waals surface area contributed by atoms with Gasteiger partial charge in [0.1, 0.15) is 5.75 Å². The minimum atomic E-state index is -0.292. The zero-order valence-corrected chi connectivity index (χ0v) is 14.5. The van der Waals surface area contributed by atoms with Crippen LogP contribution >= 0.6 is 0 Å². The second-order valence-corrected chi connectivity index (χ2v) is 5.62. The molecule has 4 heteroatoms. The Bertz CT molecular complexity index is 692. The number of nitrogens with one attached hydrogen (secondary N) is 1. The lowest BCUT2D eigenvalue weighted by atomic mass is 10.1. The molecule has 0 radical (unpaired) electrons. The normalized spacial score (nSPS) is 11.1. The number of hydrazone groups is 1. The third kappa shape index (κ3) is 7.48. The molecular weight excluding hydrogens is 312 g/mol. The van der Waals surface area contributed by atoms with Crippen molar-refractivity contribution in [2.75, 3.05) is 6.61 Å². The third-order valence-electron chi connectivity index (χ3n) is 3.55. The van der Waals surface area contributed by atoms with Crippen molar-refractivity contribution in [1.82, 2.24) is 5.43 Å². The molecule has 0 aliphatic rings. The lowest BCUT2D eigenvalue weighted by Gasteiger charge is -2.06. The lowest BCUT2D eigenvalue weighted by Crippen LogP contribution is -2.24. The molecule has 2 aromatic carbocycles. The van der Waals surface area contributed by atoms with E-state index in [1.807, 2.05) is 60.7 Å². The SMILES string of the molecule is CCCCc1ccc(OCC(=O)NN=CC=Cc2ccccc2)cc1. The molecule has 130 valence electrons. The van der Waals surface area contributed by atoms with Gasteiger partial charge in [0.05, 0.1) is 0 Å². The topological polar surface area (TPSA) is 50.7 Å². The number of unbranched alkanes of at least 4 members (excludes halogenated alkanes) is 1. The molecule has 2 rings (SSSR count). The monoisotopic (exact) mass is 336 g/mol. The van der Waals surface area contributed by atoms with E-state index in [4.69, 9.17) is 4.74 Å². The van der Waals surface area contributed by atoms with Crippen molar-refractivity contribution >= 4 is 18.2 Å². The molecule has 0 saturated carbocycles. The highest BCUT2D eigenvalue weighted by Crippen LogP contribution is 2.13. The van der Waals surface area contributed by atoms with Crippen LogP contribution in [0.1, 0.15) is 30.9 Å². The molecule has 0 spiro atoms. The van der Waals surface area contributed by atoms with Gasteiger partial charge < -0.3 is 4.74 Å². The molecule has 1 amide bonds. The number of hydrogen-bond acceptors (Lipinski definition) is 3. The van der Waals surface area contributed by atoms with Crippen molar-refractivity contribution in [3.05, 3.63) is 71.8 Å². The van der Waals surface area contributed by atoms with Crippen molar-refractivity contribution in [2.24, 2.45) is 5.10 Å². The molecular formula is C21H24N2O2. The number of hydrogen-bond donors (Lipinski definition) is 1. The van der Waals surface area contributed by atoms with Gasteiger partial charge in [-0.05, 0) is 42.2 Å². The van der Waals surface area contributed by atoms with Gasteiger partial charge in [-0.3, -0.25) is 4.79 Å². The third-order valence-corrected chi connectivity index (χ3v) is 3.55. The second-order valence-electron chi connectivity index (χ2n) is 5.62. The summed E-state index contributed by atoms with van der Waals surface area (Å²) in [6.07, 6.45) is 8.65. The summed E-state index contributed by atoms with van der Waals surface area (Å²) < 4.78 is 5.45. The molecule has 0 heterocycles. The number of benzene rings is 2. The lowest BCUT2D eigenvalue weighted by molar-refractivity contribution is -0.123. The zero-order chi connectivity index (χ0) is 17.7. The molecule has 0 aliphatic carbocycles. The van der Waals surface area contributed by atoms with Crippen molar-refractivity contribution in [3.8, 4) is 5.75 Å². The summed E-state index contributed by atoms with van der Waals surface area (Å²) in [7, 11) is 0. The molecule has 1 N–H and O–H groups in total. The minimum Gasteiger partial charge on any atom is -0.484 e. The summed E-state index contributed by atoms with van der Waals surface area (Å²) in [5.74, 6) is 0.391. The van der Waals surface area contributed by atoms with Gasteiger partial charge in [0, 0.05) is 6.21 Å². The maximum absolute atomic E-state index is 11.7. The molecule has 0 aliphatic heterocycles. The fourth-order valence-corrected chi connectivity index (χ4v) is 2.18. The van der Waals surface area contributed by atoms with Gasteiger partial charge in [-0.25, -0.2) is 5.43 Å². The highest BCUT2D eigenvalue weighted by molar-refractivity contribution is 5.81. The summed E-state index contributed by atoms with van der Waals surface area (Å²) in [5.41, 5.74) is 4.79. The summed E-state index contributed by atoms with van der Waals surface area (Å²) in [4.78, 5) is 11.7. The summed E-state index contributed by atoms with van der Waals surface area (Å²) in [5, 5.41) is 3.86. The number of nitrogens with zero attached hydrogens (tertiary/aromatic N) is 1. The van der Waals surface area contributed by atoms with E-state index in [2.05, 4.69) is 17.5 Å². The fourth-order valence-electron chi connectivity index (χ4n) is 2.18. The number of aryl methyl sites for hydroxylation is 1. The van der Waals surface area contributed by atoms with Gasteiger partial charge >= 0.3 is 0 Å². The number of rotatable bonds is 9. The Morgan fingerprint density at radius 3 is 2.60 bits per heavy atom. The van der Waals surface area contributed by atoms with E-state index in [1.54, 1.807) is 6.08 Å². The molecule has 0 bridgehead atoms. The Kier molecular flexibility index (Phi) is 7.98. The van der Waals surface area contributed by atoms with Crippen molar-refractivity contribution in [3.63, 3.8) is 0 Å². The Labute approximate surface area is 149 Å². The number of allylic oxidation sites excluding steroid dienone is 1. The Balaban J connectivity index is 1.68. The van der Waals surface area contributed by atoms with Gasteiger partial charge in [-0.15, -0.1) is 0 Å². The second kappa shape index (κ2) is 10.8. The van der Waals surface area contributed by atoms with E-state index in [1.165, 1.54) is 24.6 Å². The highest BCUT2D eigenvalue weighted by atomic mass is 16.5. The van der Waals surface area contributed by atoms with Gasteiger partial charge in [-0.1, -0.05) is 61.9 Å². The average molecular weight is 336 g/mol. The molecule has 0 unspecified atom stereocenters. The molecule has 4 nitrogen and oxygen atoms in total.